The Kier molecular flexibility index (Phi) is 46.7. The van der Waals surface area contributed by atoms with Gasteiger partial charge in [0.25, 0.3) is 0 Å². The maximum absolute atomic E-state index is 12.8. The molecule has 0 amide bonds. The van der Waals surface area contributed by atoms with Crippen LogP contribution in [-0.4, -0.2) is 37.2 Å². The van der Waals surface area contributed by atoms with Crippen LogP contribution in [0.5, 0.6) is 0 Å². The van der Waals surface area contributed by atoms with Crippen molar-refractivity contribution < 1.29 is 28.6 Å². The molecule has 0 saturated heterocycles. The average Bonchev–Trinajstić information content (AvgIpc) is 3.29. The Bertz CT molecular complexity index is 1520. The van der Waals surface area contributed by atoms with Crippen molar-refractivity contribution in [3.05, 3.63) is 158 Å². The highest BCUT2D eigenvalue weighted by atomic mass is 16.6. The lowest BCUT2D eigenvalue weighted by Gasteiger charge is -2.18. The maximum Gasteiger partial charge on any atom is 0.306 e. The summed E-state index contributed by atoms with van der Waals surface area (Å²) in [5.41, 5.74) is 0. The van der Waals surface area contributed by atoms with E-state index in [0.717, 1.165) is 64.2 Å². The fourth-order valence-corrected chi connectivity index (χ4v) is 5.90. The molecular weight excluding hydrogens is 793 g/mol. The molecule has 0 bridgehead atoms. The van der Waals surface area contributed by atoms with E-state index in [-0.39, 0.29) is 50.4 Å². The summed E-state index contributed by atoms with van der Waals surface area (Å²) in [6.45, 7) is 6.18. The molecule has 6 nitrogen and oxygen atoms in total. The predicted molar refractivity (Wildman–Crippen MR) is 274 cm³/mol. The first-order chi connectivity index (χ1) is 31.5. The molecule has 0 aliphatic rings. The highest BCUT2D eigenvalue weighted by Crippen LogP contribution is 2.11. The molecule has 0 fully saturated rings. The zero-order valence-corrected chi connectivity index (χ0v) is 40.2. The van der Waals surface area contributed by atoms with Gasteiger partial charge < -0.3 is 14.2 Å². The van der Waals surface area contributed by atoms with Crippen molar-refractivity contribution in [3.63, 3.8) is 0 Å². The fourth-order valence-electron chi connectivity index (χ4n) is 5.90. The van der Waals surface area contributed by atoms with Crippen molar-refractivity contribution in [2.24, 2.45) is 0 Å². The van der Waals surface area contributed by atoms with E-state index in [4.69, 9.17) is 14.2 Å². The van der Waals surface area contributed by atoms with Crippen LogP contribution in [0.4, 0.5) is 0 Å². The third-order valence-electron chi connectivity index (χ3n) is 9.56. The molecule has 0 aliphatic carbocycles. The summed E-state index contributed by atoms with van der Waals surface area (Å²) in [6, 6.07) is 0. The molecule has 1 unspecified atom stereocenters. The summed E-state index contributed by atoms with van der Waals surface area (Å²) in [7, 11) is 0. The molecule has 1 atom stereocenters. The van der Waals surface area contributed by atoms with Gasteiger partial charge in [0.1, 0.15) is 13.2 Å². The van der Waals surface area contributed by atoms with Crippen LogP contribution in [0.3, 0.4) is 0 Å². The zero-order valence-electron chi connectivity index (χ0n) is 40.2. The Labute approximate surface area is 390 Å². The van der Waals surface area contributed by atoms with Crippen LogP contribution in [-0.2, 0) is 28.6 Å². The van der Waals surface area contributed by atoms with E-state index in [1.165, 1.54) is 44.9 Å². The van der Waals surface area contributed by atoms with Gasteiger partial charge in [0.2, 0.25) is 0 Å². The Morgan fingerprint density at radius 1 is 0.328 bits per heavy atom. The molecule has 64 heavy (non-hydrogen) atoms. The van der Waals surface area contributed by atoms with Gasteiger partial charge in [0.15, 0.2) is 6.10 Å². The summed E-state index contributed by atoms with van der Waals surface area (Å²) in [5, 5.41) is 0. The highest BCUT2D eigenvalue weighted by Gasteiger charge is 2.19. The number of esters is 3. The SMILES string of the molecule is CC\C=C/C=C\C=C/C=C\C=C/CCCC(=O)OCC(COC(=O)CCCCC\C=C/C=C/C=C\C=C/C=C\C=C/CC)OC(=O)CCCCC/C=C\C=C/CCCCCCCCC. The number of carbonyl (C=O) groups excluding carboxylic acids is 3. The fraction of sp³-hybridized carbons (Fsp3) is 0.500. The van der Waals surface area contributed by atoms with Gasteiger partial charge in [-0.05, 0) is 77.0 Å². The molecule has 0 aromatic carbocycles. The standard InChI is InChI=1S/C58H86O6/c1-4-7-10-13-16-19-22-25-27-29-31-33-36-39-42-45-48-51-57(60)63-54-55(53-62-56(59)50-47-44-41-38-35-32-24-21-18-15-12-9-6-3)64-58(61)52-49-46-43-40-37-34-30-28-26-23-20-17-14-11-8-5-2/h7,9-10,12-13,15-16,18-19,21-22,24-25,27-38,41,55H,4-6,8,11,14,17,20,23,26,39-40,42-54H2,1-3H3/b10-7-,12-9-,16-13-,18-15-,22-19-,24-21-,27-25-,30-28-,31-29+,35-32-,36-33-,37-34-,41-38-. The average molecular weight is 879 g/mol. The molecule has 6 heteroatoms. The molecule has 0 spiro atoms. The normalized spacial score (nSPS) is 13.5. The molecule has 0 saturated carbocycles. The number of unbranched alkanes of at least 4 members (excludes halogenated alkanes) is 14. The van der Waals surface area contributed by atoms with Crippen LogP contribution >= 0.6 is 0 Å². The van der Waals surface area contributed by atoms with E-state index >= 15 is 0 Å². The molecule has 0 rings (SSSR count). The topological polar surface area (TPSA) is 78.9 Å². The van der Waals surface area contributed by atoms with Crippen molar-refractivity contribution in [2.75, 3.05) is 13.2 Å². The van der Waals surface area contributed by atoms with Gasteiger partial charge in [-0.2, -0.15) is 0 Å². The second kappa shape index (κ2) is 50.7. The molecule has 354 valence electrons. The summed E-state index contributed by atoms with van der Waals surface area (Å²) in [4.78, 5) is 37.9. The third kappa shape index (κ3) is 48.1. The van der Waals surface area contributed by atoms with Gasteiger partial charge in [-0.1, -0.05) is 230 Å². The second-order valence-corrected chi connectivity index (χ2v) is 15.6. The van der Waals surface area contributed by atoms with Gasteiger partial charge in [0.05, 0.1) is 0 Å². The minimum atomic E-state index is -0.847. The predicted octanol–water partition coefficient (Wildman–Crippen LogP) is 16.2. The van der Waals surface area contributed by atoms with Crippen LogP contribution in [0, 0.1) is 0 Å². The Morgan fingerprint density at radius 3 is 1.03 bits per heavy atom. The Hall–Kier alpha value is -4.97. The van der Waals surface area contributed by atoms with E-state index in [1.807, 2.05) is 115 Å². The first kappa shape index (κ1) is 59.0. The minimum absolute atomic E-state index is 0.143. The minimum Gasteiger partial charge on any atom is -0.462 e. The molecule has 0 aromatic heterocycles. The lowest BCUT2D eigenvalue weighted by molar-refractivity contribution is -0.167. The van der Waals surface area contributed by atoms with Gasteiger partial charge in [-0.3, -0.25) is 14.4 Å². The summed E-state index contributed by atoms with van der Waals surface area (Å²) >= 11 is 0. The van der Waals surface area contributed by atoms with E-state index in [2.05, 4.69) is 63.3 Å². The molecular formula is C58H86O6. The highest BCUT2D eigenvalue weighted by molar-refractivity contribution is 5.71. The van der Waals surface area contributed by atoms with E-state index < -0.39 is 6.10 Å². The van der Waals surface area contributed by atoms with Gasteiger partial charge in [0, 0.05) is 19.3 Å². The quantitative estimate of drug-likeness (QED) is 0.0263. The largest absolute Gasteiger partial charge is 0.462 e. The summed E-state index contributed by atoms with van der Waals surface area (Å²) in [6.07, 6.45) is 73.7. The van der Waals surface area contributed by atoms with Crippen LogP contribution in [0.25, 0.3) is 0 Å². The maximum atomic E-state index is 12.8. The first-order valence-electron chi connectivity index (χ1n) is 24.7. The third-order valence-corrected chi connectivity index (χ3v) is 9.56. The number of ether oxygens (including phenoxy) is 3. The van der Waals surface area contributed by atoms with Crippen LogP contribution in [0.2, 0.25) is 0 Å². The lowest BCUT2D eigenvalue weighted by Crippen LogP contribution is -2.30. The number of hydrogen-bond donors (Lipinski definition) is 0. The number of rotatable bonds is 41. The second-order valence-electron chi connectivity index (χ2n) is 15.6. The van der Waals surface area contributed by atoms with Gasteiger partial charge >= 0.3 is 17.9 Å². The van der Waals surface area contributed by atoms with E-state index in [1.54, 1.807) is 0 Å². The number of allylic oxidation sites excluding steroid dienone is 26. The number of carbonyl (C=O) groups is 3. The van der Waals surface area contributed by atoms with Crippen molar-refractivity contribution in [3.8, 4) is 0 Å². The smallest absolute Gasteiger partial charge is 0.306 e. The molecule has 0 aliphatic heterocycles. The van der Waals surface area contributed by atoms with E-state index in [9.17, 15) is 14.4 Å². The van der Waals surface area contributed by atoms with Crippen LogP contribution in [0.15, 0.2) is 158 Å². The van der Waals surface area contributed by atoms with Crippen LogP contribution < -0.4 is 0 Å². The van der Waals surface area contributed by atoms with Crippen molar-refractivity contribution in [1.29, 1.82) is 0 Å². The van der Waals surface area contributed by atoms with Crippen molar-refractivity contribution in [2.45, 2.75) is 175 Å². The Morgan fingerprint density at radius 2 is 0.625 bits per heavy atom. The monoisotopic (exact) mass is 879 g/mol. The Balaban J connectivity index is 4.66. The van der Waals surface area contributed by atoms with E-state index in [0.29, 0.717) is 19.3 Å². The number of hydrogen-bond acceptors (Lipinski definition) is 6. The van der Waals surface area contributed by atoms with Gasteiger partial charge in [-0.15, -0.1) is 0 Å². The van der Waals surface area contributed by atoms with Gasteiger partial charge in [-0.25, -0.2) is 0 Å². The van der Waals surface area contributed by atoms with Crippen LogP contribution in [0.1, 0.15) is 168 Å². The molecule has 0 N–H and O–H groups in total. The summed E-state index contributed by atoms with van der Waals surface area (Å²) < 4.78 is 16.6. The first-order valence-corrected chi connectivity index (χ1v) is 24.7. The molecule has 0 aromatic rings. The molecule has 0 heterocycles. The van der Waals surface area contributed by atoms with Crippen molar-refractivity contribution in [1.82, 2.24) is 0 Å². The molecule has 0 radical (unpaired) electrons. The zero-order chi connectivity index (χ0) is 46.5. The van der Waals surface area contributed by atoms with Crippen molar-refractivity contribution >= 4 is 17.9 Å². The summed E-state index contributed by atoms with van der Waals surface area (Å²) in [5.74, 6) is -1.10. The lowest BCUT2D eigenvalue weighted by atomic mass is 10.1.